The summed E-state index contributed by atoms with van der Waals surface area (Å²) in [6.07, 6.45) is 0. The molecule has 0 radical (unpaired) electrons. The van der Waals surface area contributed by atoms with Gasteiger partial charge in [0.05, 0.1) is 10.9 Å². The molecule has 1 heterocycles. The van der Waals surface area contributed by atoms with Gasteiger partial charge in [-0.1, -0.05) is 88.7 Å². The summed E-state index contributed by atoms with van der Waals surface area (Å²) in [5.41, 5.74) is 3.96. The topological polar surface area (TPSA) is 30.2 Å². The zero-order chi connectivity index (χ0) is 17.2. The molecule has 0 unspecified atom stereocenters. The quantitative estimate of drug-likeness (QED) is 0.400. The van der Waals surface area contributed by atoms with Gasteiger partial charge in [0.25, 0.3) is 0 Å². The minimum Gasteiger partial charge on any atom is -0.455 e. The maximum absolute atomic E-state index is 13.3. The highest BCUT2D eigenvalue weighted by atomic mass is 79.9. The Labute approximate surface area is 153 Å². The van der Waals surface area contributed by atoms with Gasteiger partial charge in [-0.05, 0) is 11.6 Å². The maximum Gasteiger partial charge on any atom is 0.201 e. The second kappa shape index (κ2) is 6.69. The summed E-state index contributed by atoms with van der Waals surface area (Å²) < 4.78 is 6.31. The predicted octanol–water partition coefficient (Wildman–Crippen LogP) is 6.02. The summed E-state index contributed by atoms with van der Waals surface area (Å²) in [6, 6.07) is 25.2. The van der Waals surface area contributed by atoms with E-state index in [0.717, 1.165) is 16.7 Å². The van der Waals surface area contributed by atoms with E-state index in [9.17, 15) is 4.79 Å². The Morgan fingerprint density at radius 1 is 0.760 bits per heavy atom. The molecular weight excluding hydrogens is 376 g/mol. The lowest BCUT2D eigenvalue weighted by Crippen LogP contribution is -2.08. The Morgan fingerprint density at radius 3 is 2.04 bits per heavy atom. The first-order chi connectivity index (χ1) is 12.3. The Kier molecular flexibility index (Phi) is 4.24. The van der Waals surface area contributed by atoms with E-state index < -0.39 is 0 Å². The summed E-state index contributed by atoms with van der Waals surface area (Å²) in [6.45, 7) is 0. The third kappa shape index (κ3) is 2.81. The van der Waals surface area contributed by atoms with Crippen molar-refractivity contribution >= 4 is 26.9 Å². The lowest BCUT2D eigenvalue weighted by atomic mass is 9.98. The van der Waals surface area contributed by atoms with Crippen molar-refractivity contribution in [2.75, 3.05) is 0 Å². The lowest BCUT2D eigenvalue weighted by Gasteiger charge is -2.12. The number of benzene rings is 3. The average Bonchev–Trinajstić information content (AvgIpc) is 2.69. The van der Waals surface area contributed by atoms with Crippen LogP contribution in [0.25, 0.3) is 33.4 Å². The fourth-order valence-corrected chi connectivity index (χ4v) is 3.48. The minimum absolute atomic E-state index is 0.00546. The van der Waals surface area contributed by atoms with Gasteiger partial charge in [-0.25, -0.2) is 0 Å². The van der Waals surface area contributed by atoms with Crippen molar-refractivity contribution in [2.24, 2.45) is 0 Å². The average molecular weight is 391 g/mol. The molecule has 0 aliphatic rings. The standard InChI is InChI=1S/C22H15BrO2/c23-14-17-12-7-13-18-20(24)19(15-8-3-1-4-9-15)22(25-21(17)18)16-10-5-2-6-11-16/h1-13H,14H2. The molecule has 3 aromatic carbocycles. The normalized spacial score (nSPS) is 10.9. The minimum atomic E-state index is -0.00546. The van der Waals surface area contributed by atoms with Crippen molar-refractivity contribution in [1.29, 1.82) is 0 Å². The van der Waals surface area contributed by atoms with Crippen molar-refractivity contribution in [2.45, 2.75) is 5.33 Å². The molecule has 0 saturated heterocycles. The third-order valence-electron chi connectivity index (χ3n) is 4.24. The van der Waals surface area contributed by atoms with E-state index in [-0.39, 0.29) is 5.43 Å². The fraction of sp³-hybridized carbons (Fsp3) is 0.0455. The van der Waals surface area contributed by atoms with Crippen LogP contribution in [0.1, 0.15) is 5.56 Å². The molecule has 0 aliphatic heterocycles. The molecule has 2 nitrogen and oxygen atoms in total. The fourth-order valence-electron chi connectivity index (χ4n) is 3.04. The second-order valence-electron chi connectivity index (χ2n) is 5.79. The Bertz CT molecular complexity index is 1080. The molecule has 0 N–H and O–H groups in total. The molecule has 0 saturated carbocycles. The number of rotatable bonds is 3. The monoisotopic (exact) mass is 390 g/mol. The van der Waals surface area contributed by atoms with Gasteiger partial charge >= 0.3 is 0 Å². The van der Waals surface area contributed by atoms with Gasteiger partial charge in [0, 0.05) is 16.5 Å². The van der Waals surface area contributed by atoms with E-state index in [1.54, 1.807) is 0 Å². The third-order valence-corrected chi connectivity index (χ3v) is 4.85. The molecule has 0 amide bonds. The molecule has 25 heavy (non-hydrogen) atoms. The van der Waals surface area contributed by atoms with Crippen molar-refractivity contribution in [3.05, 3.63) is 94.6 Å². The first-order valence-electron chi connectivity index (χ1n) is 8.05. The van der Waals surface area contributed by atoms with Gasteiger partial charge in [-0.3, -0.25) is 4.79 Å². The highest BCUT2D eigenvalue weighted by Gasteiger charge is 2.18. The van der Waals surface area contributed by atoms with Gasteiger partial charge in [0.2, 0.25) is 5.43 Å². The number of fused-ring (bicyclic) bond motifs is 1. The summed E-state index contributed by atoms with van der Waals surface area (Å²) in [7, 11) is 0. The molecule has 0 bridgehead atoms. The number of hydrogen-bond donors (Lipinski definition) is 0. The molecule has 3 heteroatoms. The number of alkyl halides is 1. The Balaban J connectivity index is 2.15. The Hall–Kier alpha value is -2.65. The SMILES string of the molecule is O=c1c(-c2ccccc2)c(-c2ccccc2)oc2c(CBr)cccc12. The van der Waals surface area contributed by atoms with E-state index in [4.69, 9.17) is 4.42 Å². The molecule has 0 fully saturated rings. The van der Waals surface area contributed by atoms with Crippen LogP contribution in [0.15, 0.2) is 88.1 Å². The van der Waals surface area contributed by atoms with Crippen LogP contribution in [0.2, 0.25) is 0 Å². The highest BCUT2D eigenvalue weighted by molar-refractivity contribution is 9.08. The van der Waals surface area contributed by atoms with Crippen LogP contribution >= 0.6 is 15.9 Å². The summed E-state index contributed by atoms with van der Waals surface area (Å²) in [5.74, 6) is 0.609. The van der Waals surface area contributed by atoms with Crippen LogP contribution in [-0.4, -0.2) is 0 Å². The van der Waals surface area contributed by atoms with Gasteiger partial charge in [0.1, 0.15) is 11.3 Å². The summed E-state index contributed by atoms with van der Waals surface area (Å²) in [5, 5.41) is 1.24. The van der Waals surface area contributed by atoms with E-state index in [2.05, 4.69) is 15.9 Å². The molecule has 1 aromatic heterocycles. The largest absolute Gasteiger partial charge is 0.455 e. The predicted molar refractivity (Wildman–Crippen MR) is 106 cm³/mol. The molecular formula is C22H15BrO2. The Morgan fingerprint density at radius 2 is 1.40 bits per heavy atom. The van der Waals surface area contributed by atoms with E-state index >= 15 is 0 Å². The van der Waals surface area contributed by atoms with Gasteiger partial charge < -0.3 is 4.42 Å². The van der Waals surface area contributed by atoms with Crippen LogP contribution in [-0.2, 0) is 5.33 Å². The number of hydrogen-bond acceptors (Lipinski definition) is 2. The highest BCUT2D eigenvalue weighted by Crippen LogP contribution is 2.33. The lowest BCUT2D eigenvalue weighted by molar-refractivity contribution is 0.618. The summed E-state index contributed by atoms with van der Waals surface area (Å²) >= 11 is 3.49. The maximum atomic E-state index is 13.3. The molecule has 0 aliphatic carbocycles. The first kappa shape index (κ1) is 15.9. The summed E-state index contributed by atoms with van der Waals surface area (Å²) in [4.78, 5) is 13.3. The van der Waals surface area contributed by atoms with E-state index in [0.29, 0.717) is 27.6 Å². The molecule has 4 aromatic rings. The number of para-hydroxylation sites is 1. The van der Waals surface area contributed by atoms with Crippen LogP contribution < -0.4 is 5.43 Å². The van der Waals surface area contributed by atoms with Gasteiger partial charge in [-0.15, -0.1) is 0 Å². The van der Waals surface area contributed by atoms with E-state index in [1.165, 1.54) is 0 Å². The zero-order valence-corrected chi connectivity index (χ0v) is 15.0. The van der Waals surface area contributed by atoms with Crippen LogP contribution in [0.4, 0.5) is 0 Å². The molecule has 0 spiro atoms. The first-order valence-corrected chi connectivity index (χ1v) is 9.17. The molecule has 4 rings (SSSR count). The molecule has 122 valence electrons. The zero-order valence-electron chi connectivity index (χ0n) is 13.4. The van der Waals surface area contributed by atoms with Crippen molar-refractivity contribution in [1.82, 2.24) is 0 Å². The second-order valence-corrected chi connectivity index (χ2v) is 6.36. The van der Waals surface area contributed by atoms with Gasteiger partial charge in [-0.2, -0.15) is 0 Å². The molecule has 0 atom stereocenters. The van der Waals surface area contributed by atoms with E-state index in [1.807, 2.05) is 78.9 Å². The van der Waals surface area contributed by atoms with Gasteiger partial charge in [0.15, 0.2) is 0 Å². The van der Waals surface area contributed by atoms with Crippen molar-refractivity contribution in [3.8, 4) is 22.5 Å². The smallest absolute Gasteiger partial charge is 0.201 e. The number of halogens is 1. The van der Waals surface area contributed by atoms with Crippen molar-refractivity contribution < 1.29 is 4.42 Å². The van der Waals surface area contributed by atoms with Crippen LogP contribution in [0, 0.1) is 0 Å². The van der Waals surface area contributed by atoms with Crippen molar-refractivity contribution in [3.63, 3.8) is 0 Å². The van der Waals surface area contributed by atoms with Crippen LogP contribution in [0.5, 0.6) is 0 Å². The van der Waals surface area contributed by atoms with Crippen LogP contribution in [0.3, 0.4) is 0 Å².